The molecule has 1 heterocycles. The van der Waals surface area contributed by atoms with Crippen molar-refractivity contribution in [1.29, 1.82) is 0 Å². The van der Waals surface area contributed by atoms with Crippen LogP contribution in [0.2, 0.25) is 0 Å². The van der Waals surface area contributed by atoms with Crippen LogP contribution >= 0.6 is 11.8 Å². The van der Waals surface area contributed by atoms with Crippen LogP contribution in [-0.2, 0) is 0 Å². The van der Waals surface area contributed by atoms with E-state index < -0.39 is 0 Å². The first-order valence-corrected chi connectivity index (χ1v) is 8.11. The van der Waals surface area contributed by atoms with E-state index in [2.05, 4.69) is 30.9 Å². The van der Waals surface area contributed by atoms with Gasteiger partial charge in [-0.1, -0.05) is 26.7 Å². The van der Waals surface area contributed by atoms with Gasteiger partial charge in [-0.2, -0.15) is 0 Å². The molecule has 0 aromatic rings. The van der Waals surface area contributed by atoms with E-state index in [-0.39, 0.29) is 0 Å². The second-order valence-corrected chi connectivity index (χ2v) is 5.97. The first kappa shape index (κ1) is 14.9. The number of hydrogen-bond acceptors (Lipinski definition) is 3. The van der Waals surface area contributed by atoms with Crippen LogP contribution in [-0.4, -0.2) is 18.8 Å². The van der Waals surface area contributed by atoms with Gasteiger partial charge >= 0.3 is 0 Å². The van der Waals surface area contributed by atoms with Crippen molar-refractivity contribution < 1.29 is 0 Å². The highest BCUT2D eigenvalue weighted by atomic mass is 32.2. The van der Waals surface area contributed by atoms with Gasteiger partial charge in [-0.3, -0.25) is 0 Å². The van der Waals surface area contributed by atoms with Crippen molar-refractivity contribution in [3.8, 4) is 0 Å². The fourth-order valence-corrected chi connectivity index (χ4v) is 3.68. The molecule has 2 nitrogen and oxygen atoms in total. The van der Waals surface area contributed by atoms with Gasteiger partial charge in [-0.05, 0) is 38.1 Å². The third-order valence-corrected chi connectivity index (χ3v) is 4.45. The fourth-order valence-electron chi connectivity index (χ4n) is 2.49. The summed E-state index contributed by atoms with van der Waals surface area (Å²) in [5, 5.41) is 3.67. The SMILES string of the molecule is CCCC1=C(C(CCC)CCCN)NCCS1. The minimum atomic E-state index is 0.720. The monoisotopic (exact) mass is 256 g/mol. The molecule has 0 bridgehead atoms. The summed E-state index contributed by atoms with van der Waals surface area (Å²) < 4.78 is 0. The number of thioether (sulfide) groups is 1. The van der Waals surface area contributed by atoms with Crippen molar-refractivity contribution in [3.63, 3.8) is 0 Å². The van der Waals surface area contributed by atoms with Gasteiger partial charge in [0.05, 0.1) is 0 Å². The maximum atomic E-state index is 5.65. The van der Waals surface area contributed by atoms with Crippen LogP contribution in [0, 0.1) is 5.92 Å². The molecule has 0 aliphatic carbocycles. The minimum absolute atomic E-state index is 0.720. The third kappa shape index (κ3) is 4.92. The standard InChI is InChI=1S/C14H28N2S/c1-3-6-12(8-5-9-15)14-13(7-4-2)17-11-10-16-14/h12,16H,3-11,15H2,1-2H3. The predicted molar refractivity (Wildman–Crippen MR) is 79.1 cm³/mol. The van der Waals surface area contributed by atoms with Crippen molar-refractivity contribution in [2.45, 2.75) is 52.4 Å². The number of allylic oxidation sites excluding steroid dienone is 2. The lowest BCUT2D eigenvalue weighted by Crippen LogP contribution is -2.28. The maximum absolute atomic E-state index is 5.65. The molecule has 1 rings (SSSR count). The predicted octanol–water partition coefficient (Wildman–Crippen LogP) is 3.49. The molecule has 0 radical (unpaired) electrons. The van der Waals surface area contributed by atoms with Crippen LogP contribution < -0.4 is 11.1 Å². The topological polar surface area (TPSA) is 38.0 Å². The zero-order valence-corrected chi connectivity index (χ0v) is 12.2. The van der Waals surface area contributed by atoms with Crippen LogP contribution in [0.3, 0.4) is 0 Å². The maximum Gasteiger partial charge on any atom is 0.0238 e. The lowest BCUT2D eigenvalue weighted by molar-refractivity contribution is 0.464. The van der Waals surface area contributed by atoms with E-state index in [0.717, 1.165) is 25.4 Å². The Morgan fingerprint density at radius 1 is 1.29 bits per heavy atom. The van der Waals surface area contributed by atoms with Gasteiger partial charge in [0.25, 0.3) is 0 Å². The van der Waals surface area contributed by atoms with Gasteiger partial charge in [-0.25, -0.2) is 0 Å². The van der Waals surface area contributed by atoms with E-state index in [9.17, 15) is 0 Å². The summed E-state index contributed by atoms with van der Waals surface area (Å²) in [6.45, 7) is 6.51. The Kier molecular flexibility index (Phi) is 7.78. The zero-order valence-electron chi connectivity index (χ0n) is 11.4. The van der Waals surface area contributed by atoms with Crippen LogP contribution in [0.25, 0.3) is 0 Å². The summed E-state index contributed by atoms with van der Waals surface area (Å²) in [5.74, 6) is 1.95. The van der Waals surface area contributed by atoms with E-state index in [1.165, 1.54) is 37.9 Å². The van der Waals surface area contributed by atoms with Crippen LogP contribution in [0.15, 0.2) is 10.6 Å². The Morgan fingerprint density at radius 2 is 2.12 bits per heavy atom. The van der Waals surface area contributed by atoms with Gasteiger partial charge in [0.2, 0.25) is 0 Å². The highest BCUT2D eigenvalue weighted by Crippen LogP contribution is 2.33. The molecule has 1 unspecified atom stereocenters. The first-order chi connectivity index (χ1) is 8.33. The summed E-state index contributed by atoms with van der Waals surface area (Å²) in [4.78, 5) is 1.62. The average molecular weight is 256 g/mol. The summed E-state index contributed by atoms with van der Waals surface area (Å²) >= 11 is 2.07. The second-order valence-electron chi connectivity index (χ2n) is 4.78. The van der Waals surface area contributed by atoms with Gasteiger partial charge < -0.3 is 11.1 Å². The Morgan fingerprint density at radius 3 is 2.76 bits per heavy atom. The molecule has 0 fully saturated rings. The van der Waals surface area contributed by atoms with Crippen molar-refractivity contribution in [1.82, 2.24) is 5.32 Å². The molecule has 100 valence electrons. The van der Waals surface area contributed by atoms with E-state index >= 15 is 0 Å². The van der Waals surface area contributed by atoms with Gasteiger partial charge in [0.15, 0.2) is 0 Å². The molecule has 1 aliphatic heterocycles. The highest BCUT2D eigenvalue weighted by Gasteiger charge is 2.20. The van der Waals surface area contributed by atoms with Gasteiger partial charge in [0.1, 0.15) is 0 Å². The molecule has 1 atom stereocenters. The van der Waals surface area contributed by atoms with Gasteiger partial charge in [-0.15, -0.1) is 11.8 Å². The lowest BCUT2D eigenvalue weighted by Gasteiger charge is -2.28. The smallest absolute Gasteiger partial charge is 0.0238 e. The Hall–Kier alpha value is -0.150. The third-order valence-electron chi connectivity index (χ3n) is 3.27. The first-order valence-electron chi connectivity index (χ1n) is 7.13. The second kappa shape index (κ2) is 8.87. The summed E-state index contributed by atoms with van der Waals surface area (Å²) in [5.41, 5.74) is 7.21. The summed E-state index contributed by atoms with van der Waals surface area (Å²) in [6.07, 6.45) is 7.47. The molecule has 17 heavy (non-hydrogen) atoms. The van der Waals surface area contributed by atoms with E-state index in [1.807, 2.05) is 0 Å². The summed E-state index contributed by atoms with van der Waals surface area (Å²) in [7, 11) is 0. The quantitative estimate of drug-likeness (QED) is 0.698. The van der Waals surface area contributed by atoms with E-state index in [1.54, 1.807) is 10.6 Å². The van der Waals surface area contributed by atoms with Crippen molar-refractivity contribution >= 4 is 11.8 Å². The fraction of sp³-hybridized carbons (Fsp3) is 0.857. The van der Waals surface area contributed by atoms with E-state index in [4.69, 9.17) is 5.73 Å². The molecule has 0 aromatic heterocycles. The highest BCUT2D eigenvalue weighted by molar-refractivity contribution is 8.03. The Labute approximate surface area is 111 Å². The molecule has 3 heteroatoms. The van der Waals surface area contributed by atoms with Crippen molar-refractivity contribution in [2.75, 3.05) is 18.8 Å². The van der Waals surface area contributed by atoms with E-state index in [0.29, 0.717) is 0 Å². The molecule has 0 spiro atoms. The minimum Gasteiger partial charge on any atom is -0.387 e. The number of rotatable bonds is 8. The lowest BCUT2D eigenvalue weighted by atomic mass is 9.93. The molecule has 0 aromatic carbocycles. The molecule has 0 amide bonds. The van der Waals surface area contributed by atoms with Gasteiger partial charge in [0, 0.05) is 22.9 Å². The average Bonchev–Trinajstić information content (AvgIpc) is 2.36. The molecule has 1 aliphatic rings. The Balaban J connectivity index is 2.71. The van der Waals surface area contributed by atoms with Crippen LogP contribution in [0.5, 0.6) is 0 Å². The van der Waals surface area contributed by atoms with Crippen LogP contribution in [0.4, 0.5) is 0 Å². The number of nitrogens with two attached hydrogens (primary N) is 1. The zero-order chi connectivity index (χ0) is 12.5. The van der Waals surface area contributed by atoms with Crippen molar-refractivity contribution in [2.24, 2.45) is 11.7 Å². The van der Waals surface area contributed by atoms with Crippen LogP contribution in [0.1, 0.15) is 52.4 Å². The number of hydrogen-bond donors (Lipinski definition) is 2. The molecule has 0 saturated carbocycles. The molecular weight excluding hydrogens is 228 g/mol. The Bertz CT molecular complexity index is 238. The number of nitrogens with one attached hydrogen (secondary N) is 1. The molecular formula is C14H28N2S. The van der Waals surface area contributed by atoms with Crippen molar-refractivity contribution in [3.05, 3.63) is 10.6 Å². The molecule has 3 N–H and O–H groups in total. The normalized spacial score (nSPS) is 18.1. The molecule has 0 saturated heterocycles. The largest absolute Gasteiger partial charge is 0.387 e. The summed E-state index contributed by atoms with van der Waals surface area (Å²) in [6, 6.07) is 0.